The third-order valence-corrected chi connectivity index (χ3v) is 4.40. The zero-order chi connectivity index (χ0) is 16.2. The van der Waals surface area contributed by atoms with Gasteiger partial charge in [-0.25, -0.2) is 0 Å². The Hall–Kier alpha value is -1.18. The Morgan fingerprint density at radius 1 is 1.18 bits per heavy atom. The average Bonchev–Trinajstić information content (AvgIpc) is 3.14. The van der Waals surface area contributed by atoms with Crippen LogP contribution in [0.4, 0.5) is 0 Å². The summed E-state index contributed by atoms with van der Waals surface area (Å²) < 4.78 is 20.5. The fourth-order valence-electron chi connectivity index (χ4n) is 3.27. The molecule has 0 spiro atoms. The molecule has 0 unspecified atom stereocenters. The molecule has 2 aliphatic rings. The Morgan fingerprint density at radius 2 is 1.86 bits per heavy atom. The van der Waals surface area contributed by atoms with Gasteiger partial charge in [-0.15, -0.1) is 0 Å². The molecule has 0 saturated carbocycles. The predicted octanol–water partition coefficient (Wildman–Crippen LogP) is 0.612. The van der Waals surface area contributed by atoms with Crippen molar-refractivity contribution in [2.24, 2.45) is 5.92 Å². The van der Waals surface area contributed by atoms with Crippen LogP contribution in [0.25, 0.3) is 0 Å². The highest BCUT2D eigenvalue weighted by Gasteiger charge is 2.50. The van der Waals surface area contributed by atoms with Gasteiger partial charge < -0.3 is 18.9 Å². The van der Waals surface area contributed by atoms with Gasteiger partial charge in [-0.05, 0) is 32.6 Å². The summed E-state index contributed by atoms with van der Waals surface area (Å²) in [5.41, 5.74) is -0.849. The average molecular weight is 315 g/mol. The summed E-state index contributed by atoms with van der Waals surface area (Å²) in [7, 11) is 2.72. The van der Waals surface area contributed by atoms with Gasteiger partial charge in [-0.3, -0.25) is 14.9 Å². The van der Waals surface area contributed by atoms with Crippen molar-refractivity contribution in [3.05, 3.63) is 0 Å². The molecule has 126 valence electrons. The maximum atomic E-state index is 12.0. The Kier molecular flexibility index (Phi) is 5.77. The van der Waals surface area contributed by atoms with E-state index in [2.05, 4.69) is 5.32 Å². The van der Waals surface area contributed by atoms with Gasteiger partial charge >= 0.3 is 11.9 Å². The van der Waals surface area contributed by atoms with E-state index in [9.17, 15) is 9.59 Å². The van der Waals surface area contributed by atoms with Crippen LogP contribution in [0.2, 0.25) is 0 Å². The van der Waals surface area contributed by atoms with Crippen molar-refractivity contribution in [3.63, 3.8) is 0 Å². The number of carbonyl (C=O) groups excluding carboxylic acids is 2. The first-order valence-electron chi connectivity index (χ1n) is 7.67. The van der Waals surface area contributed by atoms with E-state index in [4.69, 9.17) is 18.9 Å². The summed E-state index contributed by atoms with van der Waals surface area (Å²) in [6, 6.07) is -0.113. The largest absolute Gasteiger partial charge is 0.469 e. The Balaban J connectivity index is 1.93. The summed E-state index contributed by atoms with van der Waals surface area (Å²) in [4.78, 5) is 23.9. The summed E-state index contributed by atoms with van der Waals surface area (Å²) in [6.07, 6.45) is 2.60. The summed E-state index contributed by atoms with van der Waals surface area (Å²) in [6.45, 7) is 3.03. The van der Waals surface area contributed by atoms with Gasteiger partial charge in [0.15, 0.2) is 6.29 Å². The highest BCUT2D eigenvalue weighted by atomic mass is 16.7. The van der Waals surface area contributed by atoms with Crippen molar-refractivity contribution >= 4 is 11.9 Å². The first-order chi connectivity index (χ1) is 10.5. The lowest BCUT2D eigenvalue weighted by atomic mass is 9.91. The van der Waals surface area contributed by atoms with E-state index in [0.717, 1.165) is 19.3 Å². The van der Waals surface area contributed by atoms with Gasteiger partial charge in [-0.2, -0.15) is 0 Å². The molecule has 0 aliphatic carbocycles. The normalized spacial score (nSPS) is 32.1. The second-order valence-electron chi connectivity index (χ2n) is 6.01. The van der Waals surface area contributed by atoms with E-state index >= 15 is 0 Å². The molecule has 3 atom stereocenters. The molecule has 0 aromatic rings. The molecule has 2 heterocycles. The van der Waals surface area contributed by atoms with Crippen LogP contribution in [0.1, 0.15) is 32.6 Å². The Bertz CT molecular complexity index is 409. The van der Waals surface area contributed by atoms with Crippen molar-refractivity contribution in [2.75, 3.05) is 27.4 Å². The maximum Gasteiger partial charge on any atom is 0.325 e. The number of rotatable bonds is 6. The van der Waals surface area contributed by atoms with Crippen LogP contribution in [0.15, 0.2) is 0 Å². The number of methoxy groups -OCH3 is 2. The van der Waals surface area contributed by atoms with E-state index in [1.165, 1.54) is 14.2 Å². The van der Waals surface area contributed by atoms with Crippen molar-refractivity contribution in [2.45, 2.75) is 50.5 Å². The highest BCUT2D eigenvalue weighted by Crippen LogP contribution is 2.33. The fraction of sp³-hybridized carbons (Fsp3) is 0.867. The summed E-state index contributed by atoms with van der Waals surface area (Å²) >= 11 is 0. The van der Waals surface area contributed by atoms with Gasteiger partial charge in [0.25, 0.3) is 0 Å². The molecule has 7 nitrogen and oxygen atoms in total. The molecule has 7 heteroatoms. The summed E-state index contributed by atoms with van der Waals surface area (Å²) in [5.74, 6) is -0.996. The number of hydrogen-bond donors (Lipinski definition) is 1. The first-order valence-corrected chi connectivity index (χ1v) is 7.67. The summed E-state index contributed by atoms with van der Waals surface area (Å²) in [5, 5.41) is 3.25. The van der Waals surface area contributed by atoms with Crippen LogP contribution in [0.3, 0.4) is 0 Å². The zero-order valence-electron chi connectivity index (χ0n) is 13.4. The topological polar surface area (TPSA) is 83.1 Å². The third-order valence-electron chi connectivity index (χ3n) is 4.40. The fourth-order valence-corrected chi connectivity index (χ4v) is 3.27. The lowest BCUT2D eigenvalue weighted by molar-refractivity contribution is -0.148. The minimum atomic E-state index is -0.849. The first kappa shape index (κ1) is 17.2. The van der Waals surface area contributed by atoms with Gasteiger partial charge in [0.2, 0.25) is 0 Å². The van der Waals surface area contributed by atoms with Crippen LogP contribution < -0.4 is 5.32 Å². The number of hydrogen-bond acceptors (Lipinski definition) is 7. The van der Waals surface area contributed by atoms with Crippen LogP contribution in [0, 0.1) is 5.92 Å². The third kappa shape index (κ3) is 3.77. The Morgan fingerprint density at radius 3 is 2.45 bits per heavy atom. The van der Waals surface area contributed by atoms with Gasteiger partial charge in [0.1, 0.15) is 5.54 Å². The van der Waals surface area contributed by atoms with E-state index in [1.54, 1.807) is 6.92 Å². The van der Waals surface area contributed by atoms with Crippen LogP contribution in [0.5, 0.6) is 0 Å². The molecule has 0 amide bonds. The number of nitrogens with one attached hydrogen (secondary N) is 1. The SMILES string of the molecule is COC(=O)[C@@H]1C[C@](C)(C(=O)OC)N[C@@H]1CCCC1OCCO1. The molecule has 0 aromatic carbocycles. The zero-order valence-corrected chi connectivity index (χ0v) is 13.4. The van der Waals surface area contributed by atoms with Gasteiger partial charge in [-0.1, -0.05) is 0 Å². The molecule has 2 fully saturated rings. The molecule has 2 saturated heterocycles. The molecule has 0 radical (unpaired) electrons. The lowest BCUT2D eigenvalue weighted by Gasteiger charge is -2.22. The van der Waals surface area contributed by atoms with Crippen molar-refractivity contribution in [1.29, 1.82) is 0 Å². The molecule has 2 aliphatic heterocycles. The number of esters is 2. The van der Waals surface area contributed by atoms with Crippen LogP contribution in [-0.2, 0) is 28.5 Å². The molecule has 0 aromatic heterocycles. The maximum absolute atomic E-state index is 12.0. The van der Waals surface area contributed by atoms with E-state index in [1.807, 2.05) is 0 Å². The second kappa shape index (κ2) is 7.39. The lowest BCUT2D eigenvalue weighted by Crippen LogP contribution is -2.48. The van der Waals surface area contributed by atoms with Crippen molar-refractivity contribution in [1.82, 2.24) is 5.32 Å². The van der Waals surface area contributed by atoms with Crippen LogP contribution in [-0.4, -0.2) is 57.2 Å². The molecular formula is C15H25NO6. The number of carbonyl (C=O) groups is 2. The Labute approximate surface area is 130 Å². The molecule has 1 N–H and O–H groups in total. The van der Waals surface area contributed by atoms with Crippen molar-refractivity contribution in [3.8, 4) is 0 Å². The van der Waals surface area contributed by atoms with Gasteiger partial charge in [0.05, 0.1) is 33.4 Å². The molecule has 22 heavy (non-hydrogen) atoms. The van der Waals surface area contributed by atoms with E-state index in [-0.39, 0.29) is 30.2 Å². The standard InChI is InChI=1S/C15H25NO6/c1-15(14(18)20-3)9-10(13(17)19-2)11(16-15)5-4-6-12-21-7-8-22-12/h10-12,16H,4-9H2,1-3H3/t10-,11-,15-/m1/s1. The minimum Gasteiger partial charge on any atom is -0.469 e. The van der Waals surface area contributed by atoms with Gasteiger partial charge in [0, 0.05) is 6.04 Å². The van der Waals surface area contributed by atoms with E-state index < -0.39 is 5.54 Å². The predicted molar refractivity (Wildman–Crippen MR) is 77.0 cm³/mol. The smallest absolute Gasteiger partial charge is 0.325 e. The second-order valence-corrected chi connectivity index (χ2v) is 6.01. The molecule has 0 bridgehead atoms. The quantitative estimate of drug-likeness (QED) is 0.719. The number of ether oxygens (including phenoxy) is 4. The van der Waals surface area contributed by atoms with Crippen LogP contribution >= 0.6 is 0 Å². The highest BCUT2D eigenvalue weighted by molar-refractivity contribution is 5.83. The minimum absolute atomic E-state index is 0.113. The molecular weight excluding hydrogens is 290 g/mol. The van der Waals surface area contributed by atoms with E-state index in [0.29, 0.717) is 19.6 Å². The molecule has 2 rings (SSSR count). The van der Waals surface area contributed by atoms with Crippen molar-refractivity contribution < 1.29 is 28.5 Å². The monoisotopic (exact) mass is 315 g/mol.